The van der Waals surface area contributed by atoms with Gasteiger partial charge in [-0.25, -0.2) is 0 Å². The molecule has 4 rings (SSSR count). The molecule has 0 radical (unpaired) electrons. The van der Waals surface area contributed by atoms with Crippen LogP contribution in [-0.4, -0.2) is 43.4 Å². The number of rotatable bonds is 5. The molecule has 1 saturated heterocycles. The molecule has 2 aliphatic rings. The molecule has 1 aromatic carbocycles. The van der Waals surface area contributed by atoms with Gasteiger partial charge in [0.2, 0.25) is 6.33 Å². The zero-order valence-electron chi connectivity index (χ0n) is 13.7. The highest BCUT2D eigenvalue weighted by molar-refractivity contribution is 5.94. The van der Waals surface area contributed by atoms with Crippen LogP contribution in [0.5, 0.6) is 5.75 Å². The van der Waals surface area contributed by atoms with Gasteiger partial charge >= 0.3 is 11.9 Å². The van der Waals surface area contributed by atoms with Gasteiger partial charge in [-0.3, -0.25) is 15.6 Å². The Morgan fingerprint density at radius 1 is 1.44 bits per heavy atom. The van der Waals surface area contributed by atoms with E-state index in [1.165, 1.54) is 23.1 Å². The number of hydrazine groups is 1. The molecule has 12 nitrogen and oxygen atoms in total. The lowest BCUT2D eigenvalue weighted by Gasteiger charge is -2.25. The quantitative estimate of drug-likeness (QED) is 0.497. The summed E-state index contributed by atoms with van der Waals surface area (Å²) in [6.45, 7) is 0.249. The minimum absolute atomic E-state index is 0.0273. The minimum Gasteiger partial charge on any atom is -0.508 e. The van der Waals surface area contributed by atoms with E-state index in [9.17, 15) is 20.0 Å². The Kier molecular flexibility index (Phi) is 3.99. The maximum absolute atomic E-state index is 12.2. The monoisotopic (exact) mass is 374 g/mol. The Hall–Kier alpha value is -3.83. The van der Waals surface area contributed by atoms with Gasteiger partial charge in [0, 0.05) is 17.1 Å². The summed E-state index contributed by atoms with van der Waals surface area (Å²) in [7, 11) is 0. The molecule has 1 aromatic heterocycles. The van der Waals surface area contributed by atoms with E-state index in [0.29, 0.717) is 12.1 Å². The van der Waals surface area contributed by atoms with Crippen molar-refractivity contribution in [3.8, 4) is 5.75 Å². The lowest BCUT2D eigenvalue weighted by molar-refractivity contribution is -0.394. The Balaban J connectivity index is 1.47. The fourth-order valence-corrected chi connectivity index (χ4v) is 2.86. The summed E-state index contributed by atoms with van der Waals surface area (Å²) in [6, 6.07) is 5.49. The number of benzene rings is 1. The molecule has 0 saturated carbocycles. The van der Waals surface area contributed by atoms with Gasteiger partial charge < -0.3 is 24.7 Å². The number of amides is 1. The fraction of sp³-hybridized carbons (Fsp3) is 0.267. The molecule has 0 aliphatic carbocycles. The van der Waals surface area contributed by atoms with Crippen LogP contribution in [0.15, 0.2) is 42.2 Å². The van der Waals surface area contributed by atoms with Crippen LogP contribution in [-0.2, 0) is 9.47 Å². The van der Waals surface area contributed by atoms with Crippen molar-refractivity contribution in [1.29, 1.82) is 0 Å². The number of hydrogen-bond donors (Lipinski definition) is 3. The molecule has 3 N–H and O–H groups in total. The van der Waals surface area contributed by atoms with Crippen molar-refractivity contribution in [3.63, 3.8) is 0 Å². The largest absolute Gasteiger partial charge is 0.508 e. The summed E-state index contributed by atoms with van der Waals surface area (Å²) in [5.41, 5.74) is 5.97. The lowest BCUT2D eigenvalue weighted by Crippen LogP contribution is -2.40. The number of phenolic OH excluding ortho intramolecular Hbond substituents is 1. The number of ether oxygens (including phenoxy) is 2. The Labute approximate surface area is 151 Å². The van der Waals surface area contributed by atoms with Crippen molar-refractivity contribution in [2.45, 2.75) is 18.6 Å². The first-order chi connectivity index (χ1) is 13.0. The van der Waals surface area contributed by atoms with Crippen LogP contribution in [0.2, 0.25) is 0 Å². The zero-order valence-corrected chi connectivity index (χ0v) is 13.7. The predicted octanol–water partition coefficient (Wildman–Crippen LogP) is 0.356. The van der Waals surface area contributed by atoms with Crippen LogP contribution in [0.4, 0.5) is 5.95 Å². The first-order valence-electron chi connectivity index (χ1n) is 7.95. The fourth-order valence-electron chi connectivity index (χ4n) is 2.86. The second kappa shape index (κ2) is 6.48. The van der Waals surface area contributed by atoms with Crippen molar-refractivity contribution in [2.24, 2.45) is 0 Å². The second-order valence-corrected chi connectivity index (χ2v) is 5.92. The number of phenols is 1. The van der Waals surface area contributed by atoms with Crippen LogP contribution in [0.3, 0.4) is 0 Å². The van der Waals surface area contributed by atoms with Gasteiger partial charge in [0.15, 0.2) is 6.10 Å². The van der Waals surface area contributed by atoms with Gasteiger partial charge in [-0.05, 0) is 23.1 Å². The molecule has 3 heterocycles. The van der Waals surface area contributed by atoms with Crippen molar-refractivity contribution >= 4 is 11.9 Å². The van der Waals surface area contributed by atoms with Gasteiger partial charge in [-0.2, -0.15) is 4.68 Å². The summed E-state index contributed by atoms with van der Waals surface area (Å²) in [6.07, 6.45) is 1.23. The molecule has 2 atom stereocenters. The van der Waals surface area contributed by atoms with E-state index in [0.717, 1.165) is 0 Å². The average Bonchev–Trinajstić information content (AvgIpc) is 3.30. The normalized spacial score (nSPS) is 20.6. The highest BCUT2D eigenvalue weighted by Crippen LogP contribution is 2.36. The van der Waals surface area contributed by atoms with E-state index in [1.807, 2.05) is 0 Å². The van der Waals surface area contributed by atoms with Crippen molar-refractivity contribution in [1.82, 2.24) is 25.6 Å². The van der Waals surface area contributed by atoms with Crippen LogP contribution >= 0.6 is 0 Å². The number of nitrogens with one attached hydrogen (secondary N) is 2. The first kappa shape index (κ1) is 16.6. The predicted molar refractivity (Wildman–Crippen MR) is 86.9 cm³/mol. The number of nitrogens with zero attached hydrogens (tertiary/aromatic N) is 4. The number of aromatic hydroxyl groups is 1. The summed E-state index contributed by atoms with van der Waals surface area (Å²) in [5.74, 6) is -0.745. The molecule has 1 amide bonds. The lowest BCUT2D eigenvalue weighted by atomic mass is 10.1. The third-order valence-electron chi connectivity index (χ3n) is 4.16. The number of allylic oxidation sites excluding steroid dienone is 1. The third-order valence-corrected chi connectivity index (χ3v) is 4.16. The van der Waals surface area contributed by atoms with E-state index in [-0.39, 0.29) is 30.0 Å². The number of carbonyl (C=O) groups excluding carboxylic acids is 1. The van der Waals surface area contributed by atoms with E-state index < -0.39 is 22.8 Å². The maximum Gasteiger partial charge on any atom is 0.490 e. The van der Waals surface area contributed by atoms with E-state index >= 15 is 0 Å². The minimum atomic E-state index is -0.679. The van der Waals surface area contributed by atoms with Gasteiger partial charge in [-0.15, -0.1) is 0 Å². The number of nitro groups is 1. The SMILES string of the molecule is O=C(NNC1=C2OC[C@@H](O2)[C@@H](n2cnc([N+](=O)[O-])n2)C1)c1cccc(O)c1. The first-order valence-corrected chi connectivity index (χ1v) is 7.95. The zero-order chi connectivity index (χ0) is 19.0. The van der Waals surface area contributed by atoms with Gasteiger partial charge in [0.05, 0.1) is 0 Å². The van der Waals surface area contributed by atoms with E-state index in [1.54, 1.807) is 12.1 Å². The summed E-state index contributed by atoms with van der Waals surface area (Å²) in [4.78, 5) is 25.9. The molecule has 27 heavy (non-hydrogen) atoms. The Bertz CT molecular complexity index is 940. The number of carbonyl (C=O) groups is 1. The van der Waals surface area contributed by atoms with Crippen molar-refractivity contribution in [2.75, 3.05) is 6.61 Å². The standard InChI is InChI=1S/C15H14N6O6/c22-9-3-1-2-8(4-9)13(23)18-17-10-5-11(12-6-26-14(10)27-12)20-7-16-15(19-20)21(24)25/h1-4,7,11-12,17,22H,5-6H2,(H,18,23)/t11-,12+/m0/s1. The molecule has 0 unspecified atom stereocenters. The third kappa shape index (κ3) is 3.19. The van der Waals surface area contributed by atoms with Crippen LogP contribution in [0.1, 0.15) is 22.8 Å². The van der Waals surface area contributed by atoms with Gasteiger partial charge in [0.1, 0.15) is 24.1 Å². The molecule has 2 bridgehead atoms. The highest BCUT2D eigenvalue weighted by atomic mass is 16.7. The van der Waals surface area contributed by atoms with Gasteiger partial charge in [-0.1, -0.05) is 11.1 Å². The smallest absolute Gasteiger partial charge is 0.490 e. The number of fused-ring (bicyclic) bond motifs is 2. The summed E-state index contributed by atoms with van der Waals surface area (Å²) in [5, 5.41) is 24.1. The van der Waals surface area contributed by atoms with Crippen LogP contribution in [0.25, 0.3) is 0 Å². The molecule has 2 aromatic rings. The summed E-state index contributed by atoms with van der Waals surface area (Å²) < 4.78 is 12.5. The summed E-state index contributed by atoms with van der Waals surface area (Å²) >= 11 is 0. The van der Waals surface area contributed by atoms with Crippen molar-refractivity contribution in [3.05, 3.63) is 57.9 Å². The number of hydrogen-bond acceptors (Lipinski definition) is 9. The Morgan fingerprint density at radius 2 is 2.30 bits per heavy atom. The second-order valence-electron chi connectivity index (χ2n) is 5.92. The van der Waals surface area contributed by atoms with E-state index in [2.05, 4.69) is 20.9 Å². The van der Waals surface area contributed by atoms with Gasteiger partial charge in [0.25, 0.3) is 5.91 Å². The Morgan fingerprint density at radius 3 is 3.04 bits per heavy atom. The number of aromatic nitrogens is 3. The van der Waals surface area contributed by atoms with Crippen LogP contribution < -0.4 is 10.9 Å². The van der Waals surface area contributed by atoms with E-state index in [4.69, 9.17) is 9.47 Å². The topological polar surface area (TPSA) is 154 Å². The van der Waals surface area contributed by atoms with Crippen LogP contribution in [0, 0.1) is 10.1 Å². The highest BCUT2D eigenvalue weighted by Gasteiger charge is 2.42. The molecule has 12 heteroatoms. The maximum atomic E-state index is 12.2. The van der Waals surface area contributed by atoms with Crippen molar-refractivity contribution < 1.29 is 24.3 Å². The molecule has 0 spiro atoms. The molecular weight excluding hydrogens is 360 g/mol. The molecule has 2 aliphatic heterocycles. The molecular formula is C15H14N6O6. The molecule has 1 fully saturated rings. The molecule has 140 valence electrons. The average molecular weight is 374 g/mol.